The molecule has 6 nitrogen and oxygen atoms in total. The van der Waals surface area contributed by atoms with E-state index < -0.39 is 0 Å². The maximum atomic E-state index is 12.3. The van der Waals surface area contributed by atoms with Crippen molar-refractivity contribution in [2.75, 3.05) is 20.2 Å². The molecular weight excluding hydrogens is 366 g/mol. The molecule has 0 atom stereocenters. The zero-order chi connectivity index (χ0) is 18.8. The summed E-state index contributed by atoms with van der Waals surface area (Å²) < 4.78 is 11.3. The number of aromatic amines is 1. The zero-order valence-corrected chi connectivity index (χ0v) is 15.5. The van der Waals surface area contributed by atoms with E-state index in [4.69, 9.17) is 20.8 Å². The molecule has 7 heteroatoms. The van der Waals surface area contributed by atoms with Gasteiger partial charge in [-0.2, -0.15) is 0 Å². The minimum Gasteiger partial charge on any atom is -0.492 e. The largest absolute Gasteiger partial charge is 0.492 e. The van der Waals surface area contributed by atoms with E-state index in [1.165, 1.54) is 0 Å². The summed E-state index contributed by atoms with van der Waals surface area (Å²) in [6.07, 6.45) is 0. The number of benzene rings is 2. The molecule has 0 fully saturated rings. The number of halogens is 1. The van der Waals surface area contributed by atoms with E-state index in [-0.39, 0.29) is 11.1 Å². The van der Waals surface area contributed by atoms with Crippen LogP contribution in [-0.4, -0.2) is 35.1 Å². The first-order valence-corrected chi connectivity index (χ1v) is 8.95. The molecule has 4 aromatic rings. The predicted molar refractivity (Wildman–Crippen MR) is 105 cm³/mol. The SMILES string of the molecule is CN(CCOc1ccc(Cl)cc1)Cc1nc2c(oc3ccccc32)c(=O)[nH]1. The maximum absolute atomic E-state index is 12.3. The number of nitrogens with one attached hydrogen (secondary N) is 1. The van der Waals surface area contributed by atoms with E-state index >= 15 is 0 Å². The van der Waals surface area contributed by atoms with Gasteiger partial charge < -0.3 is 14.1 Å². The summed E-state index contributed by atoms with van der Waals surface area (Å²) in [5, 5.41) is 1.52. The Hall–Kier alpha value is -2.83. The van der Waals surface area contributed by atoms with Crippen LogP contribution in [0.4, 0.5) is 0 Å². The number of para-hydroxylation sites is 1. The molecule has 0 amide bonds. The summed E-state index contributed by atoms with van der Waals surface area (Å²) in [5.74, 6) is 1.36. The molecule has 0 aliphatic carbocycles. The lowest BCUT2D eigenvalue weighted by molar-refractivity contribution is 0.230. The Bertz CT molecular complexity index is 1130. The van der Waals surface area contributed by atoms with Crippen molar-refractivity contribution >= 4 is 33.7 Å². The molecule has 0 bridgehead atoms. The van der Waals surface area contributed by atoms with Gasteiger partial charge in [-0.3, -0.25) is 9.69 Å². The van der Waals surface area contributed by atoms with E-state index in [0.29, 0.717) is 41.6 Å². The molecule has 0 radical (unpaired) electrons. The summed E-state index contributed by atoms with van der Waals surface area (Å²) in [4.78, 5) is 21.8. The van der Waals surface area contributed by atoms with E-state index in [1.807, 2.05) is 48.3 Å². The molecule has 0 unspecified atom stereocenters. The summed E-state index contributed by atoms with van der Waals surface area (Å²) in [6.45, 7) is 1.68. The zero-order valence-electron chi connectivity index (χ0n) is 14.7. The summed E-state index contributed by atoms with van der Waals surface area (Å²) in [6, 6.07) is 14.8. The standard InChI is InChI=1S/C20H18ClN3O3/c1-24(10-11-26-14-8-6-13(21)7-9-14)12-17-22-18-15-4-2-3-5-16(15)27-19(18)20(25)23-17/h2-9H,10-12H2,1H3,(H,22,23,25). The molecule has 4 rings (SSSR count). The number of H-pyrrole nitrogens is 1. The number of aromatic nitrogens is 2. The second-order valence-electron chi connectivity index (χ2n) is 6.33. The van der Waals surface area contributed by atoms with Crippen LogP contribution in [0.1, 0.15) is 5.82 Å². The van der Waals surface area contributed by atoms with Crippen molar-refractivity contribution in [2.45, 2.75) is 6.54 Å². The van der Waals surface area contributed by atoms with Crippen molar-refractivity contribution in [2.24, 2.45) is 0 Å². The molecule has 138 valence electrons. The van der Waals surface area contributed by atoms with Crippen molar-refractivity contribution in [3.63, 3.8) is 0 Å². The second-order valence-corrected chi connectivity index (χ2v) is 6.77. The number of likely N-dealkylation sites (N-methyl/N-ethyl adjacent to an activating group) is 1. The van der Waals surface area contributed by atoms with Gasteiger partial charge in [0.15, 0.2) is 0 Å². The fraction of sp³-hybridized carbons (Fsp3) is 0.200. The molecule has 27 heavy (non-hydrogen) atoms. The van der Waals surface area contributed by atoms with Crippen LogP contribution < -0.4 is 10.3 Å². The first-order valence-electron chi connectivity index (χ1n) is 8.57. The van der Waals surface area contributed by atoms with Crippen LogP contribution in [-0.2, 0) is 6.54 Å². The molecule has 0 saturated carbocycles. The third-order valence-electron chi connectivity index (χ3n) is 4.26. The minimum absolute atomic E-state index is 0.258. The Morgan fingerprint density at radius 3 is 2.78 bits per heavy atom. The Morgan fingerprint density at radius 1 is 1.19 bits per heavy atom. The smallest absolute Gasteiger partial charge is 0.294 e. The number of nitrogens with zero attached hydrogens (tertiary/aromatic N) is 2. The minimum atomic E-state index is -0.267. The molecular formula is C20H18ClN3O3. The highest BCUT2D eigenvalue weighted by Crippen LogP contribution is 2.24. The van der Waals surface area contributed by atoms with Gasteiger partial charge in [-0.1, -0.05) is 23.7 Å². The number of fused-ring (bicyclic) bond motifs is 3. The fourth-order valence-corrected chi connectivity index (χ4v) is 3.03. The Balaban J connectivity index is 1.45. The van der Waals surface area contributed by atoms with E-state index in [1.54, 1.807) is 12.1 Å². The van der Waals surface area contributed by atoms with Crippen LogP contribution >= 0.6 is 11.6 Å². The average molecular weight is 384 g/mol. The molecule has 2 aromatic carbocycles. The van der Waals surface area contributed by atoms with Gasteiger partial charge in [-0.15, -0.1) is 0 Å². The second kappa shape index (κ2) is 7.42. The third-order valence-corrected chi connectivity index (χ3v) is 4.51. The van der Waals surface area contributed by atoms with Crippen LogP contribution in [0.3, 0.4) is 0 Å². The first kappa shape index (κ1) is 17.6. The number of hydrogen-bond acceptors (Lipinski definition) is 5. The highest BCUT2D eigenvalue weighted by atomic mass is 35.5. The molecule has 2 heterocycles. The lowest BCUT2D eigenvalue weighted by atomic mass is 10.2. The average Bonchev–Trinajstić information content (AvgIpc) is 3.03. The van der Waals surface area contributed by atoms with Gasteiger partial charge in [-0.25, -0.2) is 4.98 Å². The molecule has 0 saturated heterocycles. The molecule has 0 spiro atoms. The number of hydrogen-bond donors (Lipinski definition) is 1. The molecule has 0 aliphatic heterocycles. The van der Waals surface area contributed by atoms with Crippen LogP contribution in [0, 0.1) is 0 Å². The van der Waals surface area contributed by atoms with E-state index in [2.05, 4.69) is 9.97 Å². The van der Waals surface area contributed by atoms with Crippen molar-refractivity contribution in [1.82, 2.24) is 14.9 Å². The van der Waals surface area contributed by atoms with Gasteiger partial charge in [0, 0.05) is 17.0 Å². The van der Waals surface area contributed by atoms with Gasteiger partial charge >= 0.3 is 0 Å². The van der Waals surface area contributed by atoms with Gasteiger partial charge in [-0.05, 0) is 43.4 Å². The van der Waals surface area contributed by atoms with E-state index in [0.717, 1.165) is 11.1 Å². The number of furan rings is 1. The monoisotopic (exact) mass is 383 g/mol. The van der Waals surface area contributed by atoms with Crippen molar-refractivity contribution in [3.05, 3.63) is 69.7 Å². The van der Waals surface area contributed by atoms with Crippen LogP contribution in [0.2, 0.25) is 5.02 Å². The van der Waals surface area contributed by atoms with Crippen LogP contribution in [0.5, 0.6) is 5.75 Å². The first-order chi connectivity index (χ1) is 13.1. The predicted octanol–water partition coefficient (Wildman–Crippen LogP) is 3.83. The van der Waals surface area contributed by atoms with Crippen LogP contribution in [0.25, 0.3) is 22.1 Å². The van der Waals surface area contributed by atoms with Crippen molar-refractivity contribution in [3.8, 4) is 5.75 Å². The highest BCUT2D eigenvalue weighted by Gasteiger charge is 2.13. The van der Waals surface area contributed by atoms with Crippen molar-refractivity contribution < 1.29 is 9.15 Å². The summed E-state index contributed by atoms with van der Waals surface area (Å²) in [5.41, 5.74) is 1.24. The number of rotatable bonds is 6. The van der Waals surface area contributed by atoms with E-state index in [9.17, 15) is 4.79 Å². The van der Waals surface area contributed by atoms with Gasteiger partial charge in [0.2, 0.25) is 5.58 Å². The Morgan fingerprint density at radius 2 is 1.96 bits per heavy atom. The fourth-order valence-electron chi connectivity index (χ4n) is 2.91. The lowest BCUT2D eigenvalue weighted by Gasteiger charge is -2.16. The maximum Gasteiger partial charge on any atom is 0.294 e. The topological polar surface area (TPSA) is 71.4 Å². The Labute approximate surface area is 160 Å². The van der Waals surface area contributed by atoms with Gasteiger partial charge in [0.05, 0.1) is 6.54 Å². The van der Waals surface area contributed by atoms with Gasteiger partial charge in [0.1, 0.15) is 29.3 Å². The van der Waals surface area contributed by atoms with Crippen molar-refractivity contribution in [1.29, 1.82) is 0 Å². The lowest BCUT2D eigenvalue weighted by Crippen LogP contribution is -2.26. The molecule has 2 aromatic heterocycles. The summed E-state index contributed by atoms with van der Waals surface area (Å²) in [7, 11) is 1.95. The Kier molecular flexibility index (Phi) is 4.83. The quantitative estimate of drug-likeness (QED) is 0.547. The third kappa shape index (κ3) is 3.82. The van der Waals surface area contributed by atoms with Crippen LogP contribution in [0.15, 0.2) is 57.7 Å². The normalized spacial score (nSPS) is 11.5. The molecule has 1 N–H and O–H groups in total. The van der Waals surface area contributed by atoms with Gasteiger partial charge in [0.25, 0.3) is 5.56 Å². The summed E-state index contributed by atoms with van der Waals surface area (Å²) >= 11 is 5.86. The molecule has 0 aliphatic rings. The number of ether oxygens (including phenoxy) is 1. The highest BCUT2D eigenvalue weighted by molar-refractivity contribution is 6.30.